The number of rotatable bonds is 24. The molecule has 16 atom stereocenters. The molecule has 21 heteroatoms. The molecule has 0 aliphatic carbocycles. The Morgan fingerprint density at radius 1 is 0.662 bits per heavy atom. The number of phenolic OH excluding ortho intramolecular Hbond substituents is 2. The van der Waals surface area contributed by atoms with Crippen molar-refractivity contribution < 1.29 is 104 Å². The number of hydrogen-bond donors (Lipinski definition) is 12. The highest BCUT2D eigenvalue weighted by atomic mass is 16.8. The van der Waals surface area contributed by atoms with Gasteiger partial charge in [0, 0.05) is 17.7 Å². The largest absolute Gasteiger partial charge is 0.508 e. The Balaban J connectivity index is 1.28. The van der Waals surface area contributed by atoms with Crippen molar-refractivity contribution in [3.8, 4) is 22.6 Å². The number of esters is 2. The summed E-state index contributed by atoms with van der Waals surface area (Å²) >= 11 is 0. The fourth-order valence-corrected chi connectivity index (χ4v) is 9.07. The SMILES string of the molecule is CCCCC/C=C/C=C/[C@@H](O)C/C=C/C=C/C(=O)O[C@@H]1[C@@H](O)[C@H](c2c(O)cc(O)cc2CO)O[C@H](CO)[C@H]1O[C@@H]1O[C@H](COC(=O)c2ccc(-c3ccc(CC)cc3)cc2)[C@H](O)[C@H](O)[C@H]1O[C@@H]1O[C@H](CO)[C@H](O)[C@H](O)[C@H]1O. The molecule has 3 saturated heterocycles. The molecule has 0 bridgehead atoms. The number of carbonyl (C=O) groups is 2. The van der Waals surface area contributed by atoms with E-state index in [1.54, 1.807) is 30.4 Å². The van der Waals surface area contributed by atoms with Gasteiger partial charge in [-0.25, -0.2) is 9.59 Å². The smallest absolute Gasteiger partial charge is 0.338 e. The van der Waals surface area contributed by atoms with E-state index < -0.39 is 148 Å². The summed E-state index contributed by atoms with van der Waals surface area (Å²) in [5.74, 6) is -3.11. The number of ether oxygens (including phenoxy) is 7. The summed E-state index contributed by atoms with van der Waals surface area (Å²) in [7, 11) is 0. The monoisotopic (exact) mass is 1080 g/mol. The van der Waals surface area contributed by atoms with Crippen molar-refractivity contribution in [2.24, 2.45) is 0 Å². The molecule has 0 aromatic heterocycles. The molecule has 0 radical (unpaired) electrons. The van der Waals surface area contributed by atoms with Crippen LogP contribution >= 0.6 is 0 Å². The highest BCUT2D eigenvalue weighted by Gasteiger charge is 2.55. The molecule has 12 N–H and O–H groups in total. The topological polar surface area (TPSA) is 342 Å². The van der Waals surface area contributed by atoms with E-state index in [0.717, 1.165) is 67.0 Å². The third-order valence-corrected chi connectivity index (χ3v) is 13.5. The number of aryl methyl sites for hydroxylation is 1. The summed E-state index contributed by atoms with van der Waals surface area (Å²) in [4.78, 5) is 27.1. The van der Waals surface area contributed by atoms with Gasteiger partial charge in [-0.05, 0) is 66.1 Å². The molecule has 3 aromatic carbocycles. The molecule has 422 valence electrons. The first kappa shape index (κ1) is 60.8. The number of carbonyl (C=O) groups excluding carboxylic acids is 2. The Labute approximate surface area is 445 Å². The summed E-state index contributed by atoms with van der Waals surface area (Å²) < 4.78 is 41.3. The Kier molecular flexibility index (Phi) is 23.3. The number of benzene rings is 3. The van der Waals surface area contributed by atoms with Gasteiger partial charge in [-0.1, -0.05) is 106 Å². The molecule has 3 fully saturated rings. The van der Waals surface area contributed by atoms with Gasteiger partial charge in [0.25, 0.3) is 0 Å². The number of allylic oxidation sites excluding steroid dienone is 5. The lowest BCUT2D eigenvalue weighted by atomic mass is 9.88. The van der Waals surface area contributed by atoms with Crippen molar-refractivity contribution in [3.63, 3.8) is 0 Å². The molecule has 3 aliphatic heterocycles. The molecule has 3 aromatic rings. The lowest BCUT2D eigenvalue weighted by molar-refractivity contribution is -0.382. The maximum absolute atomic E-state index is 13.7. The summed E-state index contributed by atoms with van der Waals surface area (Å²) in [6, 6.07) is 16.3. The number of unbranched alkanes of at least 4 members (excludes halogenated alkanes) is 3. The van der Waals surface area contributed by atoms with E-state index in [0.29, 0.717) is 0 Å². The Bertz CT molecular complexity index is 2440. The zero-order chi connectivity index (χ0) is 55.8. The molecule has 3 heterocycles. The van der Waals surface area contributed by atoms with Gasteiger partial charge in [-0.2, -0.15) is 0 Å². The molecule has 77 heavy (non-hydrogen) atoms. The fraction of sp³-hybridized carbons (Fsp3) is 0.500. The molecule has 0 unspecified atom stereocenters. The van der Waals surface area contributed by atoms with Crippen LogP contribution in [0.5, 0.6) is 11.5 Å². The maximum atomic E-state index is 13.7. The number of phenols is 2. The minimum absolute atomic E-state index is 0.111. The van der Waals surface area contributed by atoms with E-state index in [9.17, 15) is 70.9 Å². The fourth-order valence-electron chi connectivity index (χ4n) is 9.07. The number of aliphatic hydroxyl groups excluding tert-OH is 10. The van der Waals surface area contributed by atoms with E-state index in [-0.39, 0.29) is 23.1 Å². The molecule has 0 saturated carbocycles. The van der Waals surface area contributed by atoms with E-state index in [2.05, 4.69) is 6.92 Å². The average Bonchev–Trinajstić information content (AvgIpc) is 3.43. The van der Waals surface area contributed by atoms with Gasteiger partial charge in [-0.15, -0.1) is 0 Å². The predicted octanol–water partition coefficient (Wildman–Crippen LogP) is 1.95. The van der Waals surface area contributed by atoms with Crippen LogP contribution in [-0.4, -0.2) is 185 Å². The third kappa shape index (κ3) is 15.9. The Morgan fingerprint density at radius 2 is 1.31 bits per heavy atom. The van der Waals surface area contributed by atoms with Crippen LogP contribution in [0.2, 0.25) is 0 Å². The van der Waals surface area contributed by atoms with Crippen LogP contribution in [0.4, 0.5) is 0 Å². The molecule has 6 rings (SSSR count). The van der Waals surface area contributed by atoms with Crippen LogP contribution in [0.15, 0.2) is 109 Å². The first-order valence-electron chi connectivity index (χ1n) is 25.7. The molecule has 3 aliphatic rings. The Morgan fingerprint density at radius 3 is 1.97 bits per heavy atom. The second kappa shape index (κ2) is 29.5. The number of aromatic hydroxyl groups is 2. The van der Waals surface area contributed by atoms with Gasteiger partial charge < -0.3 is 94.4 Å². The second-order valence-corrected chi connectivity index (χ2v) is 18.9. The minimum Gasteiger partial charge on any atom is -0.508 e. The van der Waals surface area contributed by atoms with Gasteiger partial charge >= 0.3 is 11.9 Å². The van der Waals surface area contributed by atoms with Gasteiger partial charge in [0.1, 0.15) is 91.4 Å². The standard InChI is InChI=1S/C56H72O21/c1-3-5-6-7-8-9-11-14-36(60)15-12-10-13-16-42(63)75-52-49(69)51(43-35(27-57)25-37(61)26-38(43)62)72-40(29-59)50(52)76-56-53(77-55-48(68)46(66)44(64)39(28-58)73-55)47(67)45(65)41(74-56)30-71-54(70)34-23-21-33(22-24-34)32-19-17-31(4-2)18-20-32/h8-14,16-26,36,39-41,44-53,55-62,64-69H,3-7,15,27-30H2,1-2H3/b9-8+,12-10+,14-11+,16-13+/t36-,39-,40-,41-,44+,45+,46+,47+,48-,49+,50-,51+,52-,53-,55+,56+/m1/s1. The van der Waals surface area contributed by atoms with Crippen LogP contribution in [0.3, 0.4) is 0 Å². The second-order valence-electron chi connectivity index (χ2n) is 18.9. The molecule has 0 spiro atoms. The predicted molar refractivity (Wildman–Crippen MR) is 273 cm³/mol. The Hall–Kier alpha value is -5.44. The van der Waals surface area contributed by atoms with Crippen molar-refractivity contribution in [2.75, 3.05) is 19.8 Å². The van der Waals surface area contributed by atoms with Crippen molar-refractivity contribution in [2.45, 2.75) is 157 Å². The highest BCUT2D eigenvalue weighted by molar-refractivity contribution is 5.90. The van der Waals surface area contributed by atoms with Gasteiger partial charge in [-0.3, -0.25) is 0 Å². The van der Waals surface area contributed by atoms with Gasteiger partial charge in [0.05, 0.1) is 31.5 Å². The maximum Gasteiger partial charge on any atom is 0.338 e. The van der Waals surface area contributed by atoms with Crippen LogP contribution in [0, 0.1) is 0 Å². The zero-order valence-corrected chi connectivity index (χ0v) is 42.7. The van der Waals surface area contributed by atoms with E-state index in [1.807, 2.05) is 43.3 Å². The third-order valence-electron chi connectivity index (χ3n) is 13.5. The van der Waals surface area contributed by atoms with E-state index in [1.165, 1.54) is 24.3 Å². The van der Waals surface area contributed by atoms with Crippen LogP contribution in [0.1, 0.15) is 79.1 Å². The summed E-state index contributed by atoms with van der Waals surface area (Å²) in [5, 5.41) is 130. The lowest BCUT2D eigenvalue weighted by Crippen LogP contribution is -2.66. The quantitative estimate of drug-likeness (QED) is 0.0264. The molecular formula is C56H72O21. The zero-order valence-electron chi connectivity index (χ0n) is 42.7. The van der Waals surface area contributed by atoms with E-state index in [4.69, 9.17) is 33.2 Å². The highest BCUT2D eigenvalue weighted by Crippen LogP contribution is 2.43. The molecular weight excluding hydrogens is 1010 g/mol. The molecule has 21 nitrogen and oxygen atoms in total. The first-order valence-corrected chi connectivity index (χ1v) is 25.7. The average molecular weight is 1080 g/mol. The van der Waals surface area contributed by atoms with E-state index >= 15 is 0 Å². The molecule has 0 amide bonds. The van der Waals surface area contributed by atoms with Crippen LogP contribution < -0.4 is 0 Å². The summed E-state index contributed by atoms with van der Waals surface area (Å²) in [6.07, 6.45) is -11.5. The lowest BCUT2D eigenvalue weighted by Gasteiger charge is -2.49. The van der Waals surface area contributed by atoms with Crippen molar-refractivity contribution in [3.05, 3.63) is 132 Å². The van der Waals surface area contributed by atoms with Gasteiger partial charge in [0.2, 0.25) is 0 Å². The van der Waals surface area contributed by atoms with Crippen molar-refractivity contribution in [1.82, 2.24) is 0 Å². The van der Waals surface area contributed by atoms with Gasteiger partial charge in [0.15, 0.2) is 18.7 Å². The minimum atomic E-state index is -2.12. The normalized spacial score (nSPS) is 30.4. The van der Waals surface area contributed by atoms with Crippen LogP contribution in [0.25, 0.3) is 11.1 Å². The summed E-state index contributed by atoms with van der Waals surface area (Å²) in [5.41, 5.74) is 2.58. The van der Waals surface area contributed by atoms with Crippen molar-refractivity contribution in [1.29, 1.82) is 0 Å². The van der Waals surface area contributed by atoms with Crippen LogP contribution in [-0.2, 0) is 51.0 Å². The number of aliphatic hydroxyl groups is 10. The summed E-state index contributed by atoms with van der Waals surface area (Å²) in [6.45, 7) is 0.749. The number of hydrogen-bond acceptors (Lipinski definition) is 21. The first-order chi connectivity index (χ1) is 37.0. The van der Waals surface area contributed by atoms with Crippen molar-refractivity contribution >= 4 is 11.9 Å².